The average Bonchev–Trinajstić information content (AvgIpc) is 2.76. The first-order chi connectivity index (χ1) is 15.2. The summed E-state index contributed by atoms with van der Waals surface area (Å²) in [6, 6.07) is 9.17. The van der Waals surface area contributed by atoms with Crippen molar-refractivity contribution in [3.63, 3.8) is 0 Å². The van der Waals surface area contributed by atoms with E-state index in [2.05, 4.69) is 4.98 Å². The Kier molecular flexibility index (Phi) is 5.65. The van der Waals surface area contributed by atoms with Crippen LogP contribution in [0.4, 0.5) is 8.78 Å². The van der Waals surface area contributed by atoms with Crippen LogP contribution in [-0.2, 0) is 21.4 Å². The lowest BCUT2D eigenvalue weighted by Crippen LogP contribution is -2.52. The van der Waals surface area contributed by atoms with E-state index in [1.807, 2.05) is 0 Å². The van der Waals surface area contributed by atoms with E-state index < -0.39 is 50.3 Å². The van der Waals surface area contributed by atoms with Gasteiger partial charge in [0.1, 0.15) is 18.2 Å². The molecule has 168 valence electrons. The van der Waals surface area contributed by atoms with Crippen LogP contribution in [-0.4, -0.2) is 59.3 Å². The van der Waals surface area contributed by atoms with Crippen LogP contribution in [0.15, 0.2) is 56.9 Å². The molecular weight excluding hydrogens is 446 g/mol. The van der Waals surface area contributed by atoms with E-state index in [-0.39, 0.29) is 31.6 Å². The third-order valence-electron chi connectivity index (χ3n) is 5.29. The summed E-state index contributed by atoms with van der Waals surface area (Å²) in [5, 5.41) is 0.253. The number of nitrogens with zero attached hydrogens (tertiary/aromatic N) is 3. The molecule has 1 amide bonds. The third kappa shape index (κ3) is 3.82. The molecule has 1 N–H and O–H groups in total. The lowest BCUT2D eigenvalue weighted by Gasteiger charge is -2.34. The van der Waals surface area contributed by atoms with Gasteiger partial charge in [-0.3, -0.25) is 14.2 Å². The minimum Gasteiger partial charge on any atom is -0.338 e. The summed E-state index contributed by atoms with van der Waals surface area (Å²) in [4.78, 5) is 40.3. The van der Waals surface area contributed by atoms with Gasteiger partial charge in [-0.1, -0.05) is 18.2 Å². The number of hydrogen-bond acceptors (Lipinski definition) is 5. The van der Waals surface area contributed by atoms with Crippen LogP contribution in [0.25, 0.3) is 10.9 Å². The Morgan fingerprint density at radius 1 is 0.938 bits per heavy atom. The van der Waals surface area contributed by atoms with E-state index in [9.17, 15) is 31.6 Å². The predicted octanol–water partition coefficient (Wildman–Crippen LogP) is 0.501. The Balaban J connectivity index is 1.50. The maximum atomic E-state index is 14.0. The Morgan fingerprint density at radius 3 is 2.22 bits per heavy atom. The van der Waals surface area contributed by atoms with E-state index >= 15 is 0 Å². The van der Waals surface area contributed by atoms with Gasteiger partial charge in [-0.05, 0) is 24.3 Å². The number of aromatic nitrogens is 2. The van der Waals surface area contributed by atoms with Crippen LogP contribution in [0.1, 0.15) is 0 Å². The number of sulfonamides is 1. The van der Waals surface area contributed by atoms with Gasteiger partial charge in [0.2, 0.25) is 15.9 Å². The van der Waals surface area contributed by atoms with Gasteiger partial charge in [0.05, 0.1) is 10.9 Å². The van der Waals surface area contributed by atoms with Crippen LogP contribution >= 0.6 is 0 Å². The maximum Gasteiger partial charge on any atom is 0.329 e. The third-order valence-corrected chi connectivity index (χ3v) is 7.24. The molecule has 1 aliphatic rings. The van der Waals surface area contributed by atoms with Gasteiger partial charge in [-0.25, -0.2) is 22.0 Å². The quantitative estimate of drug-likeness (QED) is 0.604. The molecule has 1 saturated heterocycles. The van der Waals surface area contributed by atoms with Crippen molar-refractivity contribution in [3.8, 4) is 0 Å². The largest absolute Gasteiger partial charge is 0.338 e. The molecule has 4 rings (SSSR count). The molecule has 9 nitrogen and oxygen atoms in total. The van der Waals surface area contributed by atoms with Crippen LogP contribution < -0.4 is 11.2 Å². The lowest BCUT2D eigenvalue weighted by atomic mass is 10.2. The first-order valence-electron chi connectivity index (χ1n) is 9.64. The predicted molar refractivity (Wildman–Crippen MR) is 111 cm³/mol. The minimum absolute atomic E-state index is 0.0611. The number of benzene rings is 2. The van der Waals surface area contributed by atoms with Crippen LogP contribution in [0.3, 0.4) is 0 Å². The molecule has 1 aliphatic heterocycles. The fraction of sp³-hybridized carbons (Fsp3) is 0.250. The van der Waals surface area contributed by atoms with Crippen molar-refractivity contribution in [3.05, 3.63) is 74.9 Å². The highest BCUT2D eigenvalue weighted by Gasteiger charge is 2.34. The zero-order valence-electron chi connectivity index (χ0n) is 16.6. The molecule has 0 saturated carbocycles. The summed E-state index contributed by atoms with van der Waals surface area (Å²) in [6.45, 7) is -1.02. The van der Waals surface area contributed by atoms with Gasteiger partial charge in [-0.2, -0.15) is 4.31 Å². The molecule has 0 bridgehead atoms. The molecule has 0 atom stereocenters. The lowest BCUT2D eigenvalue weighted by molar-refractivity contribution is -0.133. The standard InChI is InChI=1S/C20H18F2N4O5S/c21-14-5-3-6-15(22)18(14)32(30,31)25-10-8-24(9-11-25)17(27)12-26-19(28)13-4-1-2-7-16(13)23-20(26)29/h1-7H,8-12H2,(H,23,29). The molecule has 0 spiro atoms. The molecule has 0 radical (unpaired) electrons. The molecule has 0 unspecified atom stereocenters. The first-order valence-corrected chi connectivity index (χ1v) is 11.1. The molecule has 2 aromatic carbocycles. The molecule has 12 heteroatoms. The van der Waals surface area contributed by atoms with E-state index in [4.69, 9.17) is 0 Å². The summed E-state index contributed by atoms with van der Waals surface area (Å²) in [5.74, 6) is -2.95. The average molecular weight is 464 g/mol. The van der Waals surface area contributed by atoms with Gasteiger partial charge in [0, 0.05) is 26.2 Å². The summed E-state index contributed by atoms with van der Waals surface area (Å²) >= 11 is 0. The normalized spacial score (nSPS) is 15.2. The van der Waals surface area contributed by atoms with Gasteiger partial charge in [0.25, 0.3) is 5.56 Å². The highest BCUT2D eigenvalue weighted by atomic mass is 32.2. The fourth-order valence-electron chi connectivity index (χ4n) is 3.61. The smallest absolute Gasteiger partial charge is 0.329 e. The van der Waals surface area contributed by atoms with Crippen molar-refractivity contribution in [2.75, 3.05) is 26.2 Å². The maximum absolute atomic E-state index is 14.0. The Morgan fingerprint density at radius 2 is 1.56 bits per heavy atom. The number of carbonyl (C=O) groups excluding carboxylic acids is 1. The Labute approximate surface area is 180 Å². The molecule has 32 heavy (non-hydrogen) atoms. The number of piperazine rings is 1. The Bertz CT molecular complexity index is 1410. The number of aromatic amines is 1. The molecule has 1 aromatic heterocycles. The monoisotopic (exact) mass is 464 g/mol. The molecule has 2 heterocycles. The molecule has 0 aliphatic carbocycles. The second-order valence-electron chi connectivity index (χ2n) is 7.20. The molecule has 1 fully saturated rings. The summed E-state index contributed by atoms with van der Waals surface area (Å²) in [7, 11) is -4.43. The number of rotatable bonds is 4. The highest BCUT2D eigenvalue weighted by Crippen LogP contribution is 2.23. The highest BCUT2D eigenvalue weighted by molar-refractivity contribution is 7.89. The number of halogens is 2. The number of nitrogens with one attached hydrogen (secondary N) is 1. The van der Waals surface area contributed by atoms with Crippen molar-refractivity contribution >= 4 is 26.8 Å². The summed E-state index contributed by atoms with van der Waals surface area (Å²) in [5.41, 5.74) is -1.00. The topological polar surface area (TPSA) is 113 Å². The molecule has 3 aromatic rings. The van der Waals surface area contributed by atoms with Gasteiger partial charge in [0.15, 0.2) is 4.90 Å². The van der Waals surface area contributed by atoms with Crippen molar-refractivity contribution in [1.82, 2.24) is 18.8 Å². The van der Waals surface area contributed by atoms with E-state index in [1.165, 1.54) is 11.0 Å². The van der Waals surface area contributed by atoms with E-state index in [0.29, 0.717) is 5.52 Å². The number of amides is 1. The summed E-state index contributed by atoms with van der Waals surface area (Å²) in [6.07, 6.45) is 0. The zero-order valence-corrected chi connectivity index (χ0v) is 17.4. The number of H-pyrrole nitrogens is 1. The Hall–Kier alpha value is -3.38. The van der Waals surface area contributed by atoms with E-state index in [0.717, 1.165) is 27.1 Å². The number of carbonyl (C=O) groups is 1. The zero-order chi connectivity index (χ0) is 23.0. The SMILES string of the molecule is O=C(Cn1c(=O)[nH]c2ccccc2c1=O)N1CCN(S(=O)(=O)c2c(F)cccc2F)CC1. The van der Waals surface area contributed by atoms with Gasteiger partial charge >= 0.3 is 5.69 Å². The molecular formula is C20H18F2N4O5S. The van der Waals surface area contributed by atoms with Crippen molar-refractivity contribution in [1.29, 1.82) is 0 Å². The minimum atomic E-state index is -4.43. The van der Waals surface area contributed by atoms with Crippen LogP contribution in [0.5, 0.6) is 0 Å². The van der Waals surface area contributed by atoms with Crippen molar-refractivity contribution < 1.29 is 22.0 Å². The number of fused-ring (bicyclic) bond motifs is 1. The van der Waals surface area contributed by atoms with Crippen molar-refractivity contribution in [2.45, 2.75) is 11.4 Å². The van der Waals surface area contributed by atoms with Crippen LogP contribution in [0, 0.1) is 11.6 Å². The van der Waals surface area contributed by atoms with Crippen molar-refractivity contribution in [2.24, 2.45) is 0 Å². The second-order valence-corrected chi connectivity index (χ2v) is 9.08. The summed E-state index contributed by atoms with van der Waals surface area (Å²) < 4.78 is 54.9. The van der Waals surface area contributed by atoms with E-state index in [1.54, 1.807) is 18.2 Å². The number of para-hydroxylation sites is 1. The van der Waals surface area contributed by atoms with Gasteiger partial charge in [-0.15, -0.1) is 0 Å². The first kappa shape index (κ1) is 21.8. The second kappa shape index (κ2) is 8.28. The number of hydrogen-bond donors (Lipinski definition) is 1. The van der Waals surface area contributed by atoms with Gasteiger partial charge < -0.3 is 9.88 Å². The fourth-order valence-corrected chi connectivity index (χ4v) is 5.14. The van der Waals surface area contributed by atoms with Crippen LogP contribution in [0.2, 0.25) is 0 Å².